The van der Waals surface area contributed by atoms with E-state index in [1.54, 1.807) is 12.4 Å². The zero-order chi connectivity index (χ0) is 9.40. The minimum Gasteiger partial charge on any atom is -0.403 e. The van der Waals surface area contributed by atoms with E-state index in [2.05, 4.69) is 18.8 Å². The van der Waals surface area contributed by atoms with E-state index in [-0.39, 0.29) is 0 Å². The van der Waals surface area contributed by atoms with Crippen LogP contribution in [0.15, 0.2) is 29.0 Å². The molecule has 0 fully saturated rings. The number of hydrogen-bond donors (Lipinski definition) is 1. The smallest absolute Gasteiger partial charge is 0.0560 e. The predicted octanol–water partition coefficient (Wildman–Crippen LogP) is 2.48. The van der Waals surface area contributed by atoms with E-state index in [1.807, 2.05) is 19.1 Å². The van der Waals surface area contributed by atoms with Gasteiger partial charge in [-0.3, -0.25) is 4.99 Å². The fraction of sp³-hybridized carbons (Fsp3) is 0.500. The van der Waals surface area contributed by atoms with E-state index in [4.69, 9.17) is 5.73 Å². The first-order chi connectivity index (χ1) is 5.70. The van der Waals surface area contributed by atoms with Crippen molar-refractivity contribution in [3.05, 3.63) is 24.0 Å². The van der Waals surface area contributed by atoms with Gasteiger partial charge in [0, 0.05) is 12.4 Å². The van der Waals surface area contributed by atoms with Crippen LogP contribution in [0.1, 0.15) is 27.2 Å². The van der Waals surface area contributed by atoms with E-state index < -0.39 is 0 Å². The van der Waals surface area contributed by atoms with Gasteiger partial charge in [0.1, 0.15) is 0 Å². The molecule has 12 heavy (non-hydrogen) atoms. The van der Waals surface area contributed by atoms with E-state index in [0.717, 1.165) is 12.1 Å². The maximum absolute atomic E-state index is 5.40. The summed E-state index contributed by atoms with van der Waals surface area (Å²) in [5.74, 6) is 0.600. The fourth-order valence-corrected chi connectivity index (χ4v) is 0.807. The summed E-state index contributed by atoms with van der Waals surface area (Å²) in [7, 11) is 0. The topological polar surface area (TPSA) is 38.4 Å². The number of nitrogens with zero attached hydrogens (tertiary/aromatic N) is 1. The summed E-state index contributed by atoms with van der Waals surface area (Å²) in [6, 6.07) is 0. The van der Waals surface area contributed by atoms with Crippen molar-refractivity contribution < 1.29 is 0 Å². The Kier molecular flexibility index (Phi) is 6.07. The molecule has 0 radical (unpaired) electrons. The lowest BCUT2D eigenvalue weighted by Crippen LogP contribution is -1.93. The second kappa shape index (κ2) is 6.65. The summed E-state index contributed by atoms with van der Waals surface area (Å²) >= 11 is 0. The molecule has 0 aromatic heterocycles. The Morgan fingerprint density at radius 3 is 2.58 bits per heavy atom. The summed E-state index contributed by atoms with van der Waals surface area (Å²) in [5.41, 5.74) is 6.35. The molecule has 0 atom stereocenters. The van der Waals surface area contributed by atoms with Gasteiger partial charge in [0.25, 0.3) is 0 Å². The predicted molar refractivity (Wildman–Crippen MR) is 55.0 cm³/mol. The molecule has 0 rings (SSSR count). The zero-order valence-corrected chi connectivity index (χ0v) is 8.12. The average molecular weight is 166 g/mol. The Morgan fingerprint density at radius 1 is 1.50 bits per heavy atom. The summed E-state index contributed by atoms with van der Waals surface area (Å²) in [6.07, 6.45) is 8.10. The Labute approximate surface area is 74.9 Å². The van der Waals surface area contributed by atoms with Crippen molar-refractivity contribution in [2.75, 3.05) is 0 Å². The second-order valence-corrected chi connectivity index (χ2v) is 3.06. The second-order valence-electron chi connectivity index (χ2n) is 3.06. The van der Waals surface area contributed by atoms with Gasteiger partial charge in [0.2, 0.25) is 0 Å². The largest absolute Gasteiger partial charge is 0.403 e. The van der Waals surface area contributed by atoms with Gasteiger partial charge in [-0.1, -0.05) is 19.9 Å². The van der Waals surface area contributed by atoms with E-state index in [1.165, 1.54) is 0 Å². The maximum Gasteiger partial charge on any atom is 0.0560 e. The van der Waals surface area contributed by atoms with Crippen LogP contribution >= 0.6 is 0 Å². The Balaban J connectivity index is 4.01. The van der Waals surface area contributed by atoms with Crippen LogP contribution in [-0.2, 0) is 0 Å². The van der Waals surface area contributed by atoms with E-state index >= 15 is 0 Å². The maximum atomic E-state index is 5.40. The van der Waals surface area contributed by atoms with Crippen molar-refractivity contribution in [2.45, 2.75) is 27.2 Å². The van der Waals surface area contributed by atoms with Gasteiger partial charge in [-0.15, -0.1) is 0 Å². The average Bonchev–Trinajstić information content (AvgIpc) is 2.02. The first-order valence-electron chi connectivity index (χ1n) is 4.26. The SMILES string of the molecule is C\C=C/C=N\C(=C/N)CC(C)C. The summed E-state index contributed by atoms with van der Waals surface area (Å²) < 4.78 is 0. The molecule has 68 valence electrons. The first-order valence-corrected chi connectivity index (χ1v) is 4.26. The van der Waals surface area contributed by atoms with Gasteiger partial charge in [0.15, 0.2) is 0 Å². The van der Waals surface area contributed by atoms with Crippen molar-refractivity contribution in [1.82, 2.24) is 0 Å². The molecule has 0 spiro atoms. The fourth-order valence-electron chi connectivity index (χ4n) is 0.807. The van der Waals surface area contributed by atoms with Crippen LogP contribution in [-0.4, -0.2) is 6.21 Å². The molecular formula is C10H18N2. The highest BCUT2D eigenvalue weighted by molar-refractivity contribution is 5.71. The lowest BCUT2D eigenvalue weighted by Gasteiger charge is -2.02. The monoisotopic (exact) mass is 166 g/mol. The van der Waals surface area contributed by atoms with Crippen molar-refractivity contribution in [1.29, 1.82) is 0 Å². The number of allylic oxidation sites excluding steroid dienone is 3. The summed E-state index contributed by atoms with van der Waals surface area (Å²) in [6.45, 7) is 6.25. The van der Waals surface area contributed by atoms with Crippen LogP contribution in [0.25, 0.3) is 0 Å². The molecule has 0 aromatic rings. The molecular weight excluding hydrogens is 148 g/mol. The Morgan fingerprint density at radius 2 is 2.17 bits per heavy atom. The number of aliphatic imine (C=N–C) groups is 1. The molecule has 2 nitrogen and oxygen atoms in total. The highest BCUT2D eigenvalue weighted by Crippen LogP contribution is 2.09. The highest BCUT2D eigenvalue weighted by Gasteiger charge is 1.96. The van der Waals surface area contributed by atoms with Crippen molar-refractivity contribution in [3.8, 4) is 0 Å². The summed E-state index contributed by atoms with van der Waals surface area (Å²) in [4.78, 5) is 4.20. The van der Waals surface area contributed by atoms with E-state index in [0.29, 0.717) is 5.92 Å². The van der Waals surface area contributed by atoms with Gasteiger partial charge in [-0.2, -0.15) is 0 Å². The lowest BCUT2D eigenvalue weighted by molar-refractivity contribution is 0.638. The quantitative estimate of drug-likeness (QED) is 0.640. The van der Waals surface area contributed by atoms with Crippen LogP contribution < -0.4 is 5.73 Å². The third kappa shape index (κ3) is 5.71. The zero-order valence-electron chi connectivity index (χ0n) is 8.12. The van der Waals surface area contributed by atoms with Crippen LogP contribution in [0.3, 0.4) is 0 Å². The molecule has 0 aliphatic heterocycles. The van der Waals surface area contributed by atoms with Gasteiger partial charge in [0.05, 0.1) is 5.70 Å². The standard InChI is InChI=1S/C10H18N2/c1-4-5-6-12-10(8-11)7-9(2)3/h4-6,8-9H,7,11H2,1-3H3/b5-4-,10-8-,12-6-. The van der Waals surface area contributed by atoms with Gasteiger partial charge >= 0.3 is 0 Å². The first kappa shape index (κ1) is 11.0. The minimum atomic E-state index is 0.600. The van der Waals surface area contributed by atoms with Crippen LogP contribution in [0, 0.1) is 5.92 Å². The molecule has 0 saturated heterocycles. The molecule has 0 amide bonds. The Hall–Kier alpha value is -1.05. The summed E-state index contributed by atoms with van der Waals surface area (Å²) in [5, 5.41) is 0. The van der Waals surface area contributed by atoms with Crippen LogP contribution in [0.2, 0.25) is 0 Å². The molecule has 0 aromatic carbocycles. The molecule has 2 N–H and O–H groups in total. The Bertz CT molecular complexity index is 188. The van der Waals surface area contributed by atoms with Crippen molar-refractivity contribution >= 4 is 6.21 Å². The molecule has 0 unspecified atom stereocenters. The lowest BCUT2D eigenvalue weighted by atomic mass is 10.1. The van der Waals surface area contributed by atoms with Crippen molar-refractivity contribution in [2.24, 2.45) is 16.6 Å². The molecule has 0 saturated carbocycles. The van der Waals surface area contributed by atoms with Crippen molar-refractivity contribution in [3.63, 3.8) is 0 Å². The highest BCUT2D eigenvalue weighted by atomic mass is 14.7. The van der Waals surface area contributed by atoms with Gasteiger partial charge < -0.3 is 5.73 Å². The van der Waals surface area contributed by atoms with Crippen LogP contribution in [0.5, 0.6) is 0 Å². The van der Waals surface area contributed by atoms with Gasteiger partial charge in [-0.25, -0.2) is 0 Å². The number of nitrogens with two attached hydrogens (primary N) is 1. The number of hydrogen-bond acceptors (Lipinski definition) is 2. The molecule has 0 heterocycles. The van der Waals surface area contributed by atoms with Crippen LogP contribution in [0.4, 0.5) is 0 Å². The normalized spacial score (nSPS) is 13.8. The molecule has 0 bridgehead atoms. The molecule has 0 aliphatic carbocycles. The molecule has 2 heteroatoms. The molecule has 0 aliphatic rings. The number of rotatable bonds is 4. The third-order valence-corrected chi connectivity index (χ3v) is 1.33. The minimum absolute atomic E-state index is 0.600. The third-order valence-electron chi connectivity index (χ3n) is 1.33. The van der Waals surface area contributed by atoms with Gasteiger partial charge in [-0.05, 0) is 25.3 Å². The van der Waals surface area contributed by atoms with E-state index in [9.17, 15) is 0 Å².